The van der Waals surface area contributed by atoms with Gasteiger partial charge in [-0.1, -0.05) is 29.4 Å². The first-order valence-corrected chi connectivity index (χ1v) is 8.67. The summed E-state index contributed by atoms with van der Waals surface area (Å²) in [5.74, 6) is 2.07. The van der Waals surface area contributed by atoms with Crippen LogP contribution in [0, 0.1) is 6.92 Å². The molecule has 1 amide bonds. The molecule has 3 aromatic rings. The predicted octanol–water partition coefficient (Wildman–Crippen LogP) is 3.64. The summed E-state index contributed by atoms with van der Waals surface area (Å²) in [6.07, 6.45) is 3.62. The van der Waals surface area contributed by atoms with Crippen molar-refractivity contribution in [2.45, 2.75) is 13.3 Å². The third kappa shape index (κ3) is 4.76. The zero-order valence-corrected chi connectivity index (χ0v) is 15.9. The fourth-order valence-electron chi connectivity index (χ4n) is 2.67. The molecule has 7 nitrogen and oxygen atoms in total. The van der Waals surface area contributed by atoms with Crippen LogP contribution < -0.4 is 14.8 Å². The second-order valence-corrected chi connectivity index (χ2v) is 6.01. The molecule has 1 heterocycles. The molecule has 3 rings (SSSR count). The van der Waals surface area contributed by atoms with Crippen molar-refractivity contribution < 1.29 is 18.8 Å². The Labute approximate surface area is 163 Å². The quantitative estimate of drug-likeness (QED) is 0.631. The highest BCUT2D eigenvalue weighted by Crippen LogP contribution is 2.28. The number of aryl methyl sites for hydroxylation is 1. The summed E-state index contributed by atoms with van der Waals surface area (Å²) in [5, 5.41) is 6.68. The first-order valence-electron chi connectivity index (χ1n) is 8.67. The second kappa shape index (κ2) is 8.85. The minimum Gasteiger partial charge on any atom is -0.493 e. The van der Waals surface area contributed by atoms with Gasteiger partial charge in [0.05, 0.1) is 20.6 Å². The number of amides is 1. The lowest BCUT2D eigenvalue weighted by Gasteiger charge is -2.09. The van der Waals surface area contributed by atoms with Crippen LogP contribution >= 0.6 is 0 Å². The Morgan fingerprint density at radius 3 is 2.64 bits per heavy atom. The summed E-state index contributed by atoms with van der Waals surface area (Å²) in [5.41, 5.74) is 2.40. The molecule has 0 aliphatic heterocycles. The van der Waals surface area contributed by atoms with Gasteiger partial charge in [0, 0.05) is 11.8 Å². The molecule has 0 bridgehead atoms. The molecule has 0 fully saturated rings. The van der Waals surface area contributed by atoms with E-state index in [0.717, 1.165) is 11.1 Å². The summed E-state index contributed by atoms with van der Waals surface area (Å²) in [7, 11) is 3.15. The Kier molecular flexibility index (Phi) is 6.06. The van der Waals surface area contributed by atoms with E-state index in [-0.39, 0.29) is 5.91 Å². The fraction of sp³-hybridized carbons (Fsp3) is 0.190. The molecule has 0 spiro atoms. The number of para-hydroxylation sites is 1. The molecule has 0 unspecified atom stereocenters. The molecule has 0 radical (unpaired) electrons. The van der Waals surface area contributed by atoms with Crippen LogP contribution in [-0.2, 0) is 11.2 Å². The summed E-state index contributed by atoms with van der Waals surface area (Å²) < 4.78 is 15.7. The van der Waals surface area contributed by atoms with Gasteiger partial charge >= 0.3 is 0 Å². The molecule has 0 atom stereocenters. The number of nitrogens with one attached hydrogen (secondary N) is 1. The van der Waals surface area contributed by atoms with Crippen molar-refractivity contribution in [1.29, 1.82) is 0 Å². The lowest BCUT2D eigenvalue weighted by molar-refractivity contribution is -0.111. The summed E-state index contributed by atoms with van der Waals surface area (Å²) in [6, 6.07) is 12.9. The largest absolute Gasteiger partial charge is 0.493 e. The van der Waals surface area contributed by atoms with E-state index in [4.69, 9.17) is 14.0 Å². The summed E-state index contributed by atoms with van der Waals surface area (Å²) >= 11 is 0. The average Bonchev–Trinajstić information content (AvgIpc) is 3.12. The lowest BCUT2D eigenvalue weighted by atomic mass is 10.1. The van der Waals surface area contributed by atoms with Gasteiger partial charge in [-0.15, -0.1) is 0 Å². The molecule has 7 heteroatoms. The number of hydrogen-bond donors (Lipinski definition) is 1. The number of ether oxygens (including phenoxy) is 2. The number of nitrogens with zero attached hydrogens (tertiary/aromatic N) is 2. The van der Waals surface area contributed by atoms with E-state index in [9.17, 15) is 4.79 Å². The molecule has 0 saturated carbocycles. The molecule has 144 valence electrons. The summed E-state index contributed by atoms with van der Waals surface area (Å²) in [6.45, 7) is 1.76. The number of benzene rings is 2. The molecular weight excluding hydrogens is 358 g/mol. The standard InChI is InChI=1S/C21H21N3O4/c1-14-22-21(28-24-14)13-16-6-4-5-7-17(16)23-20(25)11-9-15-8-10-18(26-2)19(12-15)27-3/h4-12H,13H2,1-3H3,(H,23,25)/b11-9+. The van der Waals surface area contributed by atoms with Crippen LogP contribution in [0.4, 0.5) is 5.69 Å². The van der Waals surface area contributed by atoms with Gasteiger partial charge in [-0.3, -0.25) is 4.79 Å². The Bertz CT molecular complexity index is 995. The number of aromatic nitrogens is 2. The van der Waals surface area contributed by atoms with E-state index in [1.165, 1.54) is 6.08 Å². The van der Waals surface area contributed by atoms with Gasteiger partial charge in [0.15, 0.2) is 17.3 Å². The molecular formula is C21H21N3O4. The zero-order valence-electron chi connectivity index (χ0n) is 15.9. The minimum atomic E-state index is -0.246. The molecule has 2 aromatic carbocycles. The third-order valence-electron chi connectivity index (χ3n) is 4.02. The zero-order chi connectivity index (χ0) is 19.9. The van der Waals surface area contributed by atoms with Gasteiger partial charge in [0.2, 0.25) is 11.8 Å². The van der Waals surface area contributed by atoms with Crippen LogP contribution in [0.15, 0.2) is 53.1 Å². The van der Waals surface area contributed by atoms with Crippen LogP contribution in [0.5, 0.6) is 11.5 Å². The highest BCUT2D eigenvalue weighted by molar-refractivity contribution is 6.02. The Morgan fingerprint density at radius 2 is 1.93 bits per heavy atom. The van der Waals surface area contributed by atoms with Crippen molar-refractivity contribution in [3.8, 4) is 11.5 Å². The maximum atomic E-state index is 12.4. The predicted molar refractivity (Wildman–Crippen MR) is 105 cm³/mol. The van der Waals surface area contributed by atoms with E-state index in [2.05, 4.69) is 15.5 Å². The van der Waals surface area contributed by atoms with Crippen molar-refractivity contribution in [2.75, 3.05) is 19.5 Å². The Hall–Kier alpha value is -3.61. The number of methoxy groups -OCH3 is 2. The van der Waals surface area contributed by atoms with Crippen LogP contribution in [0.1, 0.15) is 22.8 Å². The minimum absolute atomic E-state index is 0.246. The maximum absolute atomic E-state index is 12.4. The van der Waals surface area contributed by atoms with Gasteiger partial charge in [-0.05, 0) is 42.3 Å². The number of anilines is 1. The molecule has 0 aliphatic rings. The van der Waals surface area contributed by atoms with Crippen molar-refractivity contribution in [3.63, 3.8) is 0 Å². The number of hydrogen-bond acceptors (Lipinski definition) is 6. The molecule has 1 N–H and O–H groups in total. The summed E-state index contributed by atoms with van der Waals surface area (Å²) in [4.78, 5) is 16.6. The van der Waals surface area contributed by atoms with E-state index in [1.54, 1.807) is 39.4 Å². The topological polar surface area (TPSA) is 86.5 Å². The van der Waals surface area contributed by atoms with Gasteiger partial charge in [0.25, 0.3) is 0 Å². The van der Waals surface area contributed by atoms with Crippen LogP contribution in [-0.4, -0.2) is 30.3 Å². The second-order valence-electron chi connectivity index (χ2n) is 6.01. The van der Waals surface area contributed by atoms with Gasteiger partial charge in [-0.25, -0.2) is 0 Å². The van der Waals surface area contributed by atoms with Gasteiger partial charge in [-0.2, -0.15) is 4.98 Å². The molecule has 1 aromatic heterocycles. The van der Waals surface area contributed by atoms with Crippen molar-refractivity contribution >= 4 is 17.7 Å². The van der Waals surface area contributed by atoms with E-state index >= 15 is 0 Å². The SMILES string of the molecule is COc1ccc(/C=C/C(=O)Nc2ccccc2Cc2nc(C)no2)cc1OC. The molecule has 0 aliphatic carbocycles. The van der Waals surface area contributed by atoms with Crippen LogP contribution in [0.25, 0.3) is 6.08 Å². The Morgan fingerprint density at radius 1 is 1.14 bits per heavy atom. The van der Waals surface area contributed by atoms with Crippen molar-refractivity contribution in [2.24, 2.45) is 0 Å². The van der Waals surface area contributed by atoms with Crippen LogP contribution in [0.2, 0.25) is 0 Å². The average molecular weight is 379 g/mol. The fourth-order valence-corrected chi connectivity index (χ4v) is 2.67. The number of carbonyl (C=O) groups is 1. The first kappa shape index (κ1) is 19.2. The van der Waals surface area contributed by atoms with Crippen molar-refractivity contribution in [3.05, 3.63) is 71.4 Å². The third-order valence-corrected chi connectivity index (χ3v) is 4.02. The van der Waals surface area contributed by atoms with E-state index in [1.807, 2.05) is 30.3 Å². The first-order chi connectivity index (χ1) is 13.6. The number of rotatable bonds is 7. The molecule has 28 heavy (non-hydrogen) atoms. The number of carbonyl (C=O) groups excluding carboxylic acids is 1. The van der Waals surface area contributed by atoms with Gasteiger partial charge in [0.1, 0.15) is 0 Å². The smallest absolute Gasteiger partial charge is 0.248 e. The highest BCUT2D eigenvalue weighted by atomic mass is 16.5. The normalized spacial score (nSPS) is 10.8. The monoisotopic (exact) mass is 379 g/mol. The lowest BCUT2D eigenvalue weighted by Crippen LogP contribution is -2.10. The Balaban J connectivity index is 1.70. The highest BCUT2D eigenvalue weighted by Gasteiger charge is 2.10. The van der Waals surface area contributed by atoms with E-state index < -0.39 is 0 Å². The van der Waals surface area contributed by atoms with E-state index in [0.29, 0.717) is 35.3 Å². The maximum Gasteiger partial charge on any atom is 0.248 e. The van der Waals surface area contributed by atoms with Crippen LogP contribution in [0.3, 0.4) is 0 Å². The van der Waals surface area contributed by atoms with Gasteiger partial charge < -0.3 is 19.3 Å². The molecule has 0 saturated heterocycles. The van der Waals surface area contributed by atoms with Crippen molar-refractivity contribution in [1.82, 2.24) is 10.1 Å².